The first-order valence-electron chi connectivity index (χ1n) is 6.65. The first-order chi connectivity index (χ1) is 8.20. The highest BCUT2D eigenvalue weighted by Crippen LogP contribution is 2.22. The van der Waals surface area contributed by atoms with Crippen LogP contribution in [0, 0.1) is 6.92 Å². The molecule has 0 fully saturated rings. The normalized spacial score (nSPS) is 12.9. The summed E-state index contributed by atoms with van der Waals surface area (Å²) in [6, 6.07) is 0.241. The summed E-state index contributed by atoms with van der Waals surface area (Å²) < 4.78 is 1.90. The molecule has 1 atom stereocenters. The van der Waals surface area contributed by atoms with Gasteiger partial charge >= 0.3 is 0 Å². The summed E-state index contributed by atoms with van der Waals surface area (Å²) >= 11 is 0. The Labute approximate surface area is 105 Å². The first kappa shape index (κ1) is 14.2. The van der Waals surface area contributed by atoms with Crippen molar-refractivity contribution >= 4 is 0 Å². The number of nitrogens with one attached hydrogen (secondary N) is 1. The van der Waals surface area contributed by atoms with E-state index in [1.54, 1.807) is 0 Å². The van der Waals surface area contributed by atoms with Crippen molar-refractivity contribution in [2.45, 2.75) is 58.4 Å². The Morgan fingerprint density at radius 1 is 1.35 bits per heavy atom. The lowest BCUT2D eigenvalue weighted by Crippen LogP contribution is -2.28. The van der Waals surface area contributed by atoms with Crippen LogP contribution < -0.4 is 11.3 Å². The summed E-state index contributed by atoms with van der Waals surface area (Å²) in [6.45, 7) is 4.33. The van der Waals surface area contributed by atoms with Gasteiger partial charge in [0.1, 0.15) is 0 Å². The minimum atomic E-state index is 0.241. The van der Waals surface area contributed by atoms with Crippen LogP contribution in [0.4, 0.5) is 0 Å². The molecule has 1 aromatic rings. The van der Waals surface area contributed by atoms with E-state index in [4.69, 9.17) is 5.84 Å². The number of hydrogen-bond donors (Lipinski definition) is 2. The molecular formula is C13H26N4. The van der Waals surface area contributed by atoms with Gasteiger partial charge in [0, 0.05) is 24.3 Å². The highest BCUT2D eigenvalue weighted by Gasteiger charge is 2.14. The summed E-state index contributed by atoms with van der Waals surface area (Å²) in [6.07, 6.45) is 9.50. The molecule has 0 amide bonds. The Morgan fingerprint density at radius 3 is 2.59 bits per heavy atom. The summed E-state index contributed by atoms with van der Waals surface area (Å²) in [7, 11) is 1.97. The summed E-state index contributed by atoms with van der Waals surface area (Å²) in [5, 5.41) is 4.26. The topological polar surface area (TPSA) is 55.9 Å². The molecule has 1 aromatic heterocycles. The van der Waals surface area contributed by atoms with E-state index in [1.165, 1.54) is 43.4 Å². The van der Waals surface area contributed by atoms with Crippen LogP contribution in [0.15, 0.2) is 6.20 Å². The molecule has 1 rings (SSSR count). The van der Waals surface area contributed by atoms with E-state index in [9.17, 15) is 0 Å². The molecule has 0 saturated carbocycles. The van der Waals surface area contributed by atoms with Crippen molar-refractivity contribution in [1.29, 1.82) is 0 Å². The van der Waals surface area contributed by atoms with E-state index in [-0.39, 0.29) is 6.04 Å². The van der Waals surface area contributed by atoms with Gasteiger partial charge in [-0.15, -0.1) is 0 Å². The molecule has 0 radical (unpaired) electrons. The lowest BCUT2D eigenvalue weighted by Gasteiger charge is -2.15. The van der Waals surface area contributed by atoms with Gasteiger partial charge in [-0.3, -0.25) is 16.0 Å². The second kappa shape index (κ2) is 7.45. The number of rotatable bonds is 8. The maximum absolute atomic E-state index is 5.64. The van der Waals surface area contributed by atoms with Crippen molar-refractivity contribution in [3.63, 3.8) is 0 Å². The molecule has 0 aliphatic carbocycles. The Morgan fingerprint density at radius 2 is 2.06 bits per heavy atom. The fraction of sp³-hybridized carbons (Fsp3) is 0.769. The molecule has 0 spiro atoms. The van der Waals surface area contributed by atoms with Gasteiger partial charge in [0.2, 0.25) is 0 Å². The third-order valence-electron chi connectivity index (χ3n) is 3.45. The van der Waals surface area contributed by atoms with E-state index < -0.39 is 0 Å². The van der Waals surface area contributed by atoms with Gasteiger partial charge in [-0.25, -0.2) is 0 Å². The number of hydrogen-bond acceptors (Lipinski definition) is 3. The van der Waals surface area contributed by atoms with Gasteiger partial charge in [0.05, 0.1) is 6.20 Å². The van der Waals surface area contributed by atoms with Gasteiger partial charge in [0.15, 0.2) is 0 Å². The fourth-order valence-corrected chi connectivity index (χ4v) is 2.14. The standard InChI is InChI=1S/C13H26N4/c1-4-5-6-7-8-9-13(16-14)12-10-15-17(3)11(12)2/h10,13,16H,4-9,14H2,1-3H3. The van der Waals surface area contributed by atoms with Crippen LogP contribution >= 0.6 is 0 Å². The molecule has 0 bridgehead atoms. The zero-order valence-corrected chi connectivity index (χ0v) is 11.4. The SMILES string of the molecule is CCCCCCCC(NN)c1cnn(C)c1C. The number of nitrogens with zero attached hydrogens (tertiary/aromatic N) is 2. The molecule has 3 N–H and O–H groups in total. The molecule has 4 nitrogen and oxygen atoms in total. The first-order valence-corrected chi connectivity index (χ1v) is 6.65. The number of aryl methyl sites for hydroxylation is 1. The van der Waals surface area contributed by atoms with Gasteiger partial charge in [-0.05, 0) is 13.3 Å². The van der Waals surface area contributed by atoms with Crippen molar-refractivity contribution in [2.24, 2.45) is 12.9 Å². The van der Waals surface area contributed by atoms with E-state index >= 15 is 0 Å². The highest BCUT2D eigenvalue weighted by atomic mass is 15.3. The monoisotopic (exact) mass is 238 g/mol. The Kier molecular flexibility index (Phi) is 6.22. The van der Waals surface area contributed by atoms with Crippen LogP contribution in [0.1, 0.15) is 62.7 Å². The molecule has 0 aliphatic heterocycles. The summed E-state index contributed by atoms with van der Waals surface area (Å²) in [5.41, 5.74) is 5.33. The Balaban J connectivity index is 2.41. The maximum Gasteiger partial charge on any atom is 0.0540 e. The Bertz CT molecular complexity index is 319. The smallest absolute Gasteiger partial charge is 0.0540 e. The third kappa shape index (κ3) is 4.13. The molecule has 1 unspecified atom stereocenters. The van der Waals surface area contributed by atoms with Crippen molar-refractivity contribution < 1.29 is 0 Å². The molecule has 0 aliphatic rings. The van der Waals surface area contributed by atoms with E-state index in [0.29, 0.717) is 0 Å². The maximum atomic E-state index is 5.64. The quantitative estimate of drug-likeness (QED) is 0.416. The minimum absolute atomic E-state index is 0.241. The van der Waals surface area contributed by atoms with Gasteiger partial charge in [0.25, 0.3) is 0 Å². The summed E-state index contributed by atoms with van der Waals surface area (Å²) in [4.78, 5) is 0. The molecule has 17 heavy (non-hydrogen) atoms. The molecule has 98 valence electrons. The Hall–Kier alpha value is -0.870. The second-order valence-electron chi connectivity index (χ2n) is 4.73. The van der Waals surface area contributed by atoms with Gasteiger partial charge < -0.3 is 0 Å². The largest absolute Gasteiger partial charge is 0.273 e. The minimum Gasteiger partial charge on any atom is -0.273 e. The second-order valence-corrected chi connectivity index (χ2v) is 4.73. The molecular weight excluding hydrogens is 212 g/mol. The highest BCUT2D eigenvalue weighted by molar-refractivity contribution is 5.20. The molecule has 0 aromatic carbocycles. The van der Waals surface area contributed by atoms with Crippen LogP contribution in [0.5, 0.6) is 0 Å². The van der Waals surface area contributed by atoms with Crippen molar-refractivity contribution in [3.8, 4) is 0 Å². The summed E-state index contributed by atoms with van der Waals surface area (Å²) in [5.74, 6) is 5.64. The average molecular weight is 238 g/mol. The predicted octanol–water partition coefficient (Wildman–Crippen LogP) is 2.59. The van der Waals surface area contributed by atoms with Crippen LogP contribution in [0.25, 0.3) is 0 Å². The van der Waals surface area contributed by atoms with Crippen molar-refractivity contribution in [2.75, 3.05) is 0 Å². The van der Waals surface area contributed by atoms with Crippen LogP contribution in [0.2, 0.25) is 0 Å². The molecule has 1 heterocycles. The van der Waals surface area contributed by atoms with Crippen molar-refractivity contribution in [3.05, 3.63) is 17.5 Å². The predicted molar refractivity (Wildman–Crippen MR) is 71.4 cm³/mol. The van der Waals surface area contributed by atoms with Crippen LogP contribution in [-0.2, 0) is 7.05 Å². The number of unbranched alkanes of at least 4 members (excludes halogenated alkanes) is 4. The average Bonchev–Trinajstić information content (AvgIpc) is 2.66. The van der Waals surface area contributed by atoms with E-state index in [2.05, 4.69) is 24.4 Å². The zero-order chi connectivity index (χ0) is 12.7. The van der Waals surface area contributed by atoms with E-state index in [0.717, 1.165) is 6.42 Å². The van der Waals surface area contributed by atoms with Crippen LogP contribution in [0.3, 0.4) is 0 Å². The van der Waals surface area contributed by atoms with Crippen molar-refractivity contribution in [1.82, 2.24) is 15.2 Å². The number of aromatic nitrogens is 2. The zero-order valence-electron chi connectivity index (χ0n) is 11.4. The van der Waals surface area contributed by atoms with Gasteiger partial charge in [-0.2, -0.15) is 5.10 Å². The lowest BCUT2D eigenvalue weighted by atomic mass is 10.0. The number of hydrazine groups is 1. The fourth-order valence-electron chi connectivity index (χ4n) is 2.14. The lowest BCUT2D eigenvalue weighted by molar-refractivity contribution is 0.476. The van der Waals surface area contributed by atoms with Gasteiger partial charge in [-0.1, -0.05) is 39.0 Å². The third-order valence-corrected chi connectivity index (χ3v) is 3.45. The van der Waals surface area contributed by atoms with E-state index in [1.807, 2.05) is 17.9 Å². The molecule has 0 saturated heterocycles. The number of nitrogens with two attached hydrogens (primary N) is 1. The van der Waals surface area contributed by atoms with Crippen LogP contribution in [-0.4, -0.2) is 9.78 Å². The molecule has 4 heteroatoms.